The highest BCUT2D eigenvalue weighted by Gasteiger charge is 2.23. The summed E-state index contributed by atoms with van der Waals surface area (Å²) >= 11 is 0. The van der Waals surface area contributed by atoms with Gasteiger partial charge in [-0.2, -0.15) is 0 Å². The molecule has 8 heteroatoms. The third-order valence-electron chi connectivity index (χ3n) is 4.71. The molecule has 0 radical (unpaired) electrons. The van der Waals surface area contributed by atoms with Crippen molar-refractivity contribution in [1.82, 2.24) is 10.3 Å². The number of esters is 2. The average molecular weight is 426 g/mol. The molecule has 1 aliphatic heterocycles. The normalized spacial score (nSPS) is 15.7. The summed E-state index contributed by atoms with van der Waals surface area (Å²) in [6, 6.07) is 11.6. The molecule has 31 heavy (non-hydrogen) atoms. The molecule has 2 heterocycles. The summed E-state index contributed by atoms with van der Waals surface area (Å²) in [6.45, 7) is 4.36. The van der Waals surface area contributed by atoms with E-state index in [0.29, 0.717) is 6.54 Å². The molecule has 0 spiro atoms. The topological polar surface area (TPSA) is 107 Å². The van der Waals surface area contributed by atoms with Gasteiger partial charge in [-0.05, 0) is 32.3 Å². The molecular weight excluding hydrogens is 400 g/mol. The molecule has 0 bridgehead atoms. The molecule has 1 unspecified atom stereocenters. The Balaban J connectivity index is 1.52. The van der Waals surface area contributed by atoms with Crippen molar-refractivity contribution < 1.29 is 28.9 Å². The van der Waals surface area contributed by atoms with Crippen LogP contribution in [0.2, 0.25) is 0 Å². The minimum atomic E-state index is -0.833. The molecule has 1 aromatic carbocycles. The summed E-state index contributed by atoms with van der Waals surface area (Å²) < 4.78 is 15.8. The Kier molecular flexibility index (Phi) is 7.38. The van der Waals surface area contributed by atoms with Gasteiger partial charge in [0.25, 0.3) is 5.88 Å². The maximum absolute atomic E-state index is 11.8. The van der Waals surface area contributed by atoms with Crippen molar-refractivity contribution in [1.29, 1.82) is 0 Å². The fourth-order valence-corrected chi connectivity index (χ4v) is 2.92. The zero-order valence-corrected chi connectivity index (χ0v) is 17.5. The summed E-state index contributed by atoms with van der Waals surface area (Å²) in [6.07, 6.45) is 4.27. The lowest BCUT2D eigenvalue weighted by atomic mass is 9.95. The minimum absolute atomic E-state index is 0.0161. The van der Waals surface area contributed by atoms with E-state index in [1.165, 1.54) is 17.8 Å². The number of aryl methyl sites for hydroxylation is 1. The van der Waals surface area contributed by atoms with Gasteiger partial charge in [0.15, 0.2) is 5.75 Å². The van der Waals surface area contributed by atoms with Crippen LogP contribution >= 0.6 is 0 Å². The number of aromatic nitrogens is 1. The number of benzene rings is 1. The second kappa shape index (κ2) is 10.2. The van der Waals surface area contributed by atoms with Gasteiger partial charge in [-0.15, -0.1) is 0 Å². The molecule has 8 nitrogen and oxygen atoms in total. The summed E-state index contributed by atoms with van der Waals surface area (Å²) in [5.41, 5.74) is 1.07. The zero-order valence-electron chi connectivity index (χ0n) is 17.5. The predicted molar refractivity (Wildman–Crippen MR) is 113 cm³/mol. The van der Waals surface area contributed by atoms with Crippen molar-refractivity contribution >= 4 is 11.9 Å². The van der Waals surface area contributed by atoms with Crippen LogP contribution in [0.25, 0.3) is 0 Å². The van der Waals surface area contributed by atoms with Gasteiger partial charge >= 0.3 is 11.9 Å². The first kappa shape index (κ1) is 22.5. The van der Waals surface area contributed by atoms with Gasteiger partial charge in [0.05, 0.1) is 0 Å². The number of hydrogen-bond donors (Lipinski definition) is 2. The third-order valence-corrected chi connectivity index (χ3v) is 4.71. The van der Waals surface area contributed by atoms with E-state index in [0.717, 1.165) is 25.0 Å². The summed E-state index contributed by atoms with van der Waals surface area (Å²) in [5.74, 6) is -1.60. The number of aliphatic hydroxyl groups excluding tert-OH is 1. The summed E-state index contributed by atoms with van der Waals surface area (Å²) in [7, 11) is 0. The second-order valence-electron chi connectivity index (χ2n) is 7.83. The fourth-order valence-electron chi connectivity index (χ4n) is 2.92. The number of aliphatic hydroxyl groups is 1. The highest BCUT2D eigenvalue weighted by molar-refractivity contribution is 5.95. The summed E-state index contributed by atoms with van der Waals surface area (Å²) in [5, 5.41) is 13.7. The Labute approximate surface area is 180 Å². The maximum Gasteiger partial charge on any atom is 0.336 e. The van der Waals surface area contributed by atoms with E-state index >= 15 is 0 Å². The monoisotopic (exact) mass is 426 g/mol. The largest absolute Gasteiger partial charge is 0.472 e. The van der Waals surface area contributed by atoms with Crippen molar-refractivity contribution in [3.8, 4) is 17.4 Å². The molecule has 0 saturated heterocycles. The summed E-state index contributed by atoms with van der Waals surface area (Å²) in [4.78, 5) is 27.4. The average Bonchev–Trinajstić information content (AvgIpc) is 2.75. The molecule has 1 atom stereocenters. The Morgan fingerprint density at radius 3 is 2.55 bits per heavy atom. The molecule has 1 aromatic heterocycles. The van der Waals surface area contributed by atoms with Crippen molar-refractivity contribution in [2.75, 3.05) is 13.2 Å². The van der Waals surface area contributed by atoms with Gasteiger partial charge in [0.2, 0.25) is 5.75 Å². The SMILES string of the molecule is CC(C)(CCc1ccccc1)NCC(O)COc1nccc2c1OC(=O)/C=C\C(=O)O2. The lowest BCUT2D eigenvalue weighted by Gasteiger charge is -2.28. The molecule has 0 saturated carbocycles. The van der Waals surface area contributed by atoms with E-state index < -0.39 is 18.0 Å². The number of fused-ring (bicyclic) bond motifs is 1. The first-order chi connectivity index (χ1) is 14.8. The van der Waals surface area contributed by atoms with Crippen molar-refractivity contribution in [3.05, 3.63) is 60.3 Å². The van der Waals surface area contributed by atoms with Crippen molar-refractivity contribution in [3.63, 3.8) is 0 Å². The molecule has 3 rings (SSSR count). The van der Waals surface area contributed by atoms with Crippen LogP contribution in [0, 0.1) is 0 Å². The lowest BCUT2D eigenvalue weighted by Crippen LogP contribution is -2.45. The minimum Gasteiger partial charge on any atom is -0.472 e. The lowest BCUT2D eigenvalue weighted by molar-refractivity contribution is -0.133. The van der Waals surface area contributed by atoms with Gasteiger partial charge in [-0.25, -0.2) is 14.6 Å². The van der Waals surface area contributed by atoms with Crippen molar-refractivity contribution in [2.24, 2.45) is 0 Å². The molecule has 164 valence electrons. The van der Waals surface area contributed by atoms with Crippen LogP contribution in [0.1, 0.15) is 25.8 Å². The number of hydrogen-bond acceptors (Lipinski definition) is 8. The van der Waals surface area contributed by atoms with E-state index in [-0.39, 0.29) is 29.5 Å². The number of β-amino-alcohol motifs (C(OH)–C–C–N with tert-alkyl or cyclic N) is 1. The van der Waals surface area contributed by atoms with E-state index in [1.54, 1.807) is 0 Å². The van der Waals surface area contributed by atoms with Crippen LogP contribution in [0.5, 0.6) is 17.4 Å². The number of rotatable bonds is 9. The molecule has 1 aliphatic rings. The zero-order chi connectivity index (χ0) is 22.3. The van der Waals surface area contributed by atoms with Crippen LogP contribution in [-0.4, -0.2) is 46.8 Å². The molecule has 0 aliphatic carbocycles. The van der Waals surface area contributed by atoms with Gasteiger partial charge in [0, 0.05) is 36.5 Å². The maximum atomic E-state index is 11.8. The second-order valence-corrected chi connectivity index (χ2v) is 7.83. The van der Waals surface area contributed by atoms with Crippen molar-refractivity contribution in [2.45, 2.75) is 38.3 Å². The van der Waals surface area contributed by atoms with Crippen LogP contribution in [0.15, 0.2) is 54.7 Å². The molecule has 2 aromatic rings. The first-order valence-corrected chi connectivity index (χ1v) is 10.0. The van der Waals surface area contributed by atoms with E-state index in [9.17, 15) is 14.7 Å². The van der Waals surface area contributed by atoms with Gasteiger partial charge < -0.3 is 24.6 Å². The van der Waals surface area contributed by atoms with E-state index in [1.807, 2.05) is 18.2 Å². The van der Waals surface area contributed by atoms with Crippen LogP contribution in [0.4, 0.5) is 0 Å². The van der Waals surface area contributed by atoms with Crippen LogP contribution in [-0.2, 0) is 16.0 Å². The Bertz CT molecular complexity index is 942. The highest BCUT2D eigenvalue weighted by atomic mass is 16.6. The van der Waals surface area contributed by atoms with Crippen LogP contribution in [0.3, 0.4) is 0 Å². The number of nitrogens with zero attached hydrogens (tertiary/aromatic N) is 1. The van der Waals surface area contributed by atoms with Gasteiger partial charge in [-0.3, -0.25) is 0 Å². The number of carbonyl (C=O) groups excluding carboxylic acids is 2. The number of ether oxygens (including phenoxy) is 3. The quantitative estimate of drug-likeness (QED) is 0.588. The van der Waals surface area contributed by atoms with E-state index in [2.05, 4.69) is 36.3 Å². The fraction of sp³-hybridized carbons (Fsp3) is 0.348. The predicted octanol–water partition coefficient (Wildman–Crippen LogP) is 2.20. The third kappa shape index (κ3) is 6.91. The number of pyridine rings is 1. The standard InChI is InChI=1S/C23H26N2O6/c1-23(2,12-10-16-6-4-3-5-7-16)25-14-17(26)15-29-22-21-18(11-13-24-22)30-19(27)8-9-20(28)31-21/h3-9,11,13,17,25-26H,10,12,14-15H2,1-2H3/b9-8-. The van der Waals surface area contributed by atoms with E-state index in [4.69, 9.17) is 14.2 Å². The smallest absolute Gasteiger partial charge is 0.336 e. The molecule has 0 fully saturated rings. The number of carbonyl (C=O) groups is 2. The van der Waals surface area contributed by atoms with Gasteiger partial charge in [0.1, 0.15) is 12.7 Å². The Morgan fingerprint density at radius 1 is 1.10 bits per heavy atom. The van der Waals surface area contributed by atoms with Crippen LogP contribution < -0.4 is 19.5 Å². The van der Waals surface area contributed by atoms with Gasteiger partial charge in [-0.1, -0.05) is 30.3 Å². The number of nitrogens with one attached hydrogen (secondary N) is 1. The highest BCUT2D eigenvalue weighted by Crippen LogP contribution is 2.36. The molecule has 0 amide bonds. The Hall–Kier alpha value is -3.23. The Morgan fingerprint density at radius 2 is 1.81 bits per heavy atom. The molecule has 2 N–H and O–H groups in total. The molecular formula is C23H26N2O6. The first-order valence-electron chi connectivity index (χ1n) is 10.0.